The smallest absolute Gasteiger partial charge is 0.258 e. The molecule has 0 atom stereocenters. The minimum atomic E-state index is -0.145. The second-order valence-electron chi connectivity index (χ2n) is 5.01. The highest BCUT2D eigenvalue weighted by atomic mass is 79.9. The Morgan fingerprint density at radius 3 is 2.77 bits per heavy atom. The van der Waals surface area contributed by atoms with Gasteiger partial charge in [-0.25, -0.2) is 0 Å². The summed E-state index contributed by atoms with van der Waals surface area (Å²) in [6, 6.07) is 10.9. The van der Waals surface area contributed by atoms with Gasteiger partial charge in [-0.3, -0.25) is 4.79 Å². The number of anilines is 3. The van der Waals surface area contributed by atoms with Crippen molar-refractivity contribution in [2.75, 3.05) is 16.4 Å². The third kappa shape index (κ3) is 2.69. The molecule has 0 bridgehead atoms. The normalized spacial score (nSPS) is 15.3. The van der Waals surface area contributed by atoms with Gasteiger partial charge in [0.15, 0.2) is 0 Å². The van der Waals surface area contributed by atoms with Gasteiger partial charge >= 0.3 is 0 Å². The number of rotatable bonds is 2. The molecule has 0 fully saturated rings. The molecule has 22 heavy (non-hydrogen) atoms. The van der Waals surface area contributed by atoms with Gasteiger partial charge in [0.1, 0.15) is 0 Å². The van der Waals surface area contributed by atoms with Crippen LogP contribution in [-0.2, 0) is 4.79 Å². The quantitative estimate of drug-likeness (QED) is 0.533. The van der Waals surface area contributed by atoms with Crippen LogP contribution in [0, 0.1) is 0 Å². The first-order valence-electron chi connectivity index (χ1n) is 6.60. The van der Waals surface area contributed by atoms with Crippen LogP contribution >= 0.6 is 27.5 Å². The summed E-state index contributed by atoms with van der Waals surface area (Å²) in [5, 5.41) is 6.65. The fourth-order valence-electron chi connectivity index (χ4n) is 2.41. The zero-order valence-corrected chi connectivity index (χ0v) is 14.0. The molecule has 0 unspecified atom stereocenters. The highest BCUT2D eigenvalue weighted by molar-refractivity contribution is 9.10. The zero-order chi connectivity index (χ0) is 15.9. The maximum absolute atomic E-state index is 12.2. The van der Waals surface area contributed by atoms with E-state index in [1.165, 1.54) is 0 Å². The number of hydrogen-bond acceptors (Lipinski definition) is 3. The summed E-state index contributed by atoms with van der Waals surface area (Å²) in [5.41, 5.74) is 10.1. The monoisotopic (exact) mass is 377 g/mol. The summed E-state index contributed by atoms with van der Waals surface area (Å²) < 4.78 is 0.821. The van der Waals surface area contributed by atoms with Gasteiger partial charge < -0.3 is 16.4 Å². The third-order valence-corrected chi connectivity index (χ3v) is 4.65. The number of nitrogen functional groups attached to an aromatic ring is 1. The van der Waals surface area contributed by atoms with Gasteiger partial charge in [-0.15, -0.1) is 0 Å². The van der Waals surface area contributed by atoms with Crippen LogP contribution in [0.25, 0.3) is 5.57 Å². The molecule has 3 rings (SSSR count). The van der Waals surface area contributed by atoms with Crippen LogP contribution in [-0.4, -0.2) is 5.91 Å². The molecule has 2 aromatic rings. The predicted octanol–water partition coefficient (Wildman–Crippen LogP) is 4.48. The number of carbonyl (C=O) groups excluding carboxylic acids is 1. The zero-order valence-electron chi connectivity index (χ0n) is 11.7. The van der Waals surface area contributed by atoms with E-state index < -0.39 is 0 Å². The van der Waals surface area contributed by atoms with Crippen LogP contribution in [0.5, 0.6) is 0 Å². The van der Waals surface area contributed by atoms with E-state index in [2.05, 4.69) is 26.6 Å². The van der Waals surface area contributed by atoms with Crippen molar-refractivity contribution in [3.63, 3.8) is 0 Å². The molecule has 4 nitrogen and oxygen atoms in total. The lowest BCUT2D eigenvalue weighted by Crippen LogP contribution is -2.08. The Hall–Kier alpha value is -1.98. The summed E-state index contributed by atoms with van der Waals surface area (Å²) >= 11 is 9.44. The number of nitrogens with one attached hydrogen (secondary N) is 2. The number of carbonyl (C=O) groups is 1. The average Bonchev–Trinajstić information content (AvgIpc) is 2.78. The van der Waals surface area contributed by atoms with Crippen molar-refractivity contribution in [1.29, 1.82) is 0 Å². The molecular weight excluding hydrogens is 366 g/mol. The maximum Gasteiger partial charge on any atom is 0.258 e. The van der Waals surface area contributed by atoms with E-state index in [0.717, 1.165) is 27.1 Å². The Labute approximate surface area is 141 Å². The van der Waals surface area contributed by atoms with Crippen LogP contribution in [0.1, 0.15) is 12.5 Å². The summed E-state index contributed by atoms with van der Waals surface area (Å²) in [6.45, 7) is 1.85. The number of amides is 1. The average molecular weight is 379 g/mol. The molecule has 1 aliphatic rings. The predicted molar refractivity (Wildman–Crippen MR) is 94.9 cm³/mol. The lowest BCUT2D eigenvalue weighted by molar-refractivity contribution is -0.110. The summed E-state index contributed by atoms with van der Waals surface area (Å²) in [6.07, 6.45) is 0. The van der Waals surface area contributed by atoms with Crippen LogP contribution < -0.4 is 16.4 Å². The Kier molecular flexibility index (Phi) is 3.85. The second kappa shape index (κ2) is 5.66. The second-order valence-corrected chi connectivity index (χ2v) is 6.27. The van der Waals surface area contributed by atoms with Gasteiger partial charge in [0.05, 0.1) is 10.6 Å². The molecule has 1 aliphatic heterocycles. The third-order valence-electron chi connectivity index (χ3n) is 3.41. The Balaban J connectivity index is 2.01. The maximum atomic E-state index is 12.2. The summed E-state index contributed by atoms with van der Waals surface area (Å²) in [4.78, 5) is 12.2. The van der Waals surface area contributed by atoms with Gasteiger partial charge in [0, 0.05) is 32.8 Å². The van der Waals surface area contributed by atoms with Crippen molar-refractivity contribution in [2.24, 2.45) is 0 Å². The lowest BCUT2D eigenvalue weighted by Gasteiger charge is -2.10. The molecule has 112 valence electrons. The van der Waals surface area contributed by atoms with Gasteiger partial charge in [-0.2, -0.15) is 0 Å². The summed E-state index contributed by atoms with van der Waals surface area (Å²) in [7, 11) is 0. The van der Waals surface area contributed by atoms with Gasteiger partial charge in [0.2, 0.25) is 0 Å². The van der Waals surface area contributed by atoms with E-state index in [-0.39, 0.29) is 5.91 Å². The summed E-state index contributed by atoms with van der Waals surface area (Å²) in [5.74, 6) is -0.145. The first kappa shape index (κ1) is 14.9. The van der Waals surface area contributed by atoms with E-state index in [4.69, 9.17) is 17.3 Å². The van der Waals surface area contributed by atoms with Gasteiger partial charge in [-0.05, 0) is 59.3 Å². The van der Waals surface area contributed by atoms with E-state index >= 15 is 0 Å². The molecule has 1 heterocycles. The molecule has 0 radical (unpaired) electrons. The minimum absolute atomic E-state index is 0.145. The van der Waals surface area contributed by atoms with E-state index in [0.29, 0.717) is 16.3 Å². The fraction of sp³-hybridized carbons (Fsp3) is 0.0625. The first-order valence-corrected chi connectivity index (χ1v) is 7.77. The van der Waals surface area contributed by atoms with Crippen molar-refractivity contribution in [3.05, 3.63) is 57.2 Å². The SMILES string of the molecule is C/C(Nc1ccc(Br)c(Cl)c1)=C1/C(=O)Nc2ccc(N)cc21. The topological polar surface area (TPSA) is 67.2 Å². The Bertz CT molecular complexity index is 817. The van der Waals surface area contributed by atoms with Crippen molar-refractivity contribution in [2.45, 2.75) is 6.92 Å². The van der Waals surface area contributed by atoms with Gasteiger partial charge in [-0.1, -0.05) is 11.6 Å². The molecule has 2 aromatic carbocycles. The molecule has 6 heteroatoms. The number of halogens is 2. The molecule has 1 amide bonds. The highest BCUT2D eigenvalue weighted by Gasteiger charge is 2.26. The van der Waals surface area contributed by atoms with E-state index in [1.807, 2.05) is 19.1 Å². The van der Waals surface area contributed by atoms with Crippen LogP contribution in [0.15, 0.2) is 46.6 Å². The number of allylic oxidation sites excluding steroid dienone is 1. The van der Waals surface area contributed by atoms with Gasteiger partial charge in [0.25, 0.3) is 5.91 Å². The van der Waals surface area contributed by atoms with E-state index in [9.17, 15) is 4.79 Å². The number of benzene rings is 2. The van der Waals surface area contributed by atoms with Crippen LogP contribution in [0.3, 0.4) is 0 Å². The lowest BCUT2D eigenvalue weighted by atomic mass is 10.0. The molecule has 0 spiro atoms. The molecule has 0 saturated heterocycles. The van der Waals surface area contributed by atoms with Crippen LogP contribution in [0.4, 0.5) is 17.1 Å². The molecule has 0 saturated carbocycles. The molecule has 0 aliphatic carbocycles. The number of hydrogen-bond donors (Lipinski definition) is 3. The van der Waals surface area contributed by atoms with Crippen molar-refractivity contribution in [1.82, 2.24) is 0 Å². The molecule has 0 aromatic heterocycles. The number of nitrogens with two attached hydrogens (primary N) is 1. The fourth-order valence-corrected chi connectivity index (χ4v) is 2.84. The minimum Gasteiger partial charge on any atom is -0.399 e. The molecule has 4 N–H and O–H groups in total. The van der Waals surface area contributed by atoms with Crippen molar-refractivity contribution in [3.8, 4) is 0 Å². The Morgan fingerprint density at radius 2 is 2.05 bits per heavy atom. The largest absolute Gasteiger partial charge is 0.399 e. The van der Waals surface area contributed by atoms with Crippen LogP contribution in [0.2, 0.25) is 5.02 Å². The number of fused-ring (bicyclic) bond motifs is 1. The molecular formula is C16H13BrClN3O. The standard InChI is InChI=1S/C16H13BrClN3O/c1-8(20-10-3-4-12(17)13(18)7-10)15-11-6-9(19)2-5-14(11)21-16(15)22/h2-7,20H,19H2,1H3,(H,21,22)/b15-8-. The highest BCUT2D eigenvalue weighted by Crippen LogP contribution is 2.35. The Morgan fingerprint density at radius 1 is 1.27 bits per heavy atom. The van der Waals surface area contributed by atoms with Crippen molar-refractivity contribution < 1.29 is 4.79 Å². The van der Waals surface area contributed by atoms with E-state index in [1.54, 1.807) is 24.3 Å². The van der Waals surface area contributed by atoms with Crippen molar-refractivity contribution >= 4 is 56.1 Å². The first-order chi connectivity index (χ1) is 10.5.